The molecule has 1 aromatic carbocycles. The number of aromatic nitrogens is 3. The molecule has 96 valence electrons. The molecule has 0 amide bonds. The SMILES string of the molecule is Nc1cc(-c2nnc3sc4c(n23)CCC4)ccc1Cl. The van der Waals surface area contributed by atoms with Crippen LogP contribution in [-0.2, 0) is 12.8 Å². The highest BCUT2D eigenvalue weighted by Crippen LogP contribution is 2.34. The highest BCUT2D eigenvalue weighted by molar-refractivity contribution is 7.17. The maximum atomic E-state index is 5.97. The Labute approximate surface area is 118 Å². The number of fused-ring (bicyclic) bond motifs is 3. The van der Waals surface area contributed by atoms with E-state index in [0.29, 0.717) is 10.7 Å². The molecule has 0 atom stereocenters. The molecule has 4 nitrogen and oxygen atoms in total. The largest absolute Gasteiger partial charge is 0.398 e. The summed E-state index contributed by atoms with van der Waals surface area (Å²) < 4.78 is 2.16. The average Bonchev–Trinajstić information content (AvgIpc) is 3.03. The molecule has 3 aromatic rings. The average molecular weight is 291 g/mol. The standard InChI is InChI=1S/C13H11ClN4S/c14-8-5-4-7(6-9(8)15)12-16-17-13-18(12)10-2-1-3-11(10)19-13/h4-6H,1-3,15H2. The number of aryl methyl sites for hydroxylation is 2. The summed E-state index contributed by atoms with van der Waals surface area (Å²) in [5.41, 5.74) is 8.76. The maximum absolute atomic E-state index is 5.97. The molecule has 2 heterocycles. The van der Waals surface area contributed by atoms with Gasteiger partial charge in [-0.25, -0.2) is 0 Å². The Balaban J connectivity index is 1.97. The zero-order valence-electron chi connectivity index (χ0n) is 10.1. The predicted molar refractivity (Wildman–Crippen MR) is 77.7 cm³/mol. The fourth-order valence-corrected chi connectivity index (χ4v) is 3.87. The second kappa shape index (κ2) is 3.95. The summed E-state index contributed by atoms with van der Waals surface area (Å²) in [5, 5.41) is 9.14. The summed E-state index contributed by atoms with van der Waals surface area (Å²) in [6, 6.07) is 5.60. The molecule has 2 aromatic heterocycles. The monoisotopic (exact) mass is 290 g/mol. The summed E-state index contributed by atoms with van der Waals surface area (Å²) in [4.78, 5) is 2.40. The van der Waals surface area contributed by atoms with E-state index in [-0.39, 0.29) is 0 Å². The van der Waals surface area contributed by atoms with Gasteiger partial charge < -0.3 is 5.73 Å². The lowest BCUT2D eigenvalue weighted by Gasteiger charge is -2.03. The first-order valence-corrected chi connectivity index (χ1v) is 7.34. The molecule has 0 unspecified atom stereocenters. The molecule has 4 rings (SSSR count). The number of halogens is 1. The first-order valence-electron chi connectivity index (χ1n) is 6.15. The molecular weight excluding hydrogens is 280 g/mol. The Morgan fingerprint density at radius 1 is 1.26 bits per heavy atom. The van der Waals surface area contributed by atoms with E-state index in [9.17, 15) is 0 Å². The van der Waals surface area contributed by atoms with Crippen LogP contribution in [-0.4, -0.2) is 14.6 Å². The zero-order chi connectivity index (χ0) is 13.0. The van der Waals surface area contributed by atoms with Crippen LogP contribution in [0.3, 0.4) is 0 Å². The first kappa shape index (κ1) is 11.3. The lowest BCUT2D eigenvalue weighted by molar-refractivity contribution is 0.888. The third kappa shape index (κ3) is 1.58. The number of thiazole rings is 1. The van der Waals surface area contributed by atoms with Crippen LogP contribution < -0.4 is 5.73 Å². The van der Waals surface area contributed by atoms with Gasteiger partial charge in [-0.15, -0.1) is 10.2 Å². The lowest BCUT2D eigenvalue weighted by Crippen LogP contribution is -1.94. The summed E-state index contributed by atoms with van der Waals surface area (Å²) in [7, 11) is 0. The van der Waals surface area contributed by atoms with Crippen molar-refractivity contribution >= 4 is 33.6 Å². The Hall–Kier alpha value is -1.59. The van der Waals surface area contributed by atoms with Crippen molar-refractivity contribution in [2.24, 2.45) is 0 Å². The van der Waals surface area contributed by atoms with Crippen molar-refractivity contribution in [1.29, 1.82) is 0 Å². The Kier molecular flexibility index (Phi) is 2.34. The van der Waals surface area contributed by atoms with Crippen molar-refractivity contribution in [3.63, 3.8) is 0 Å². The van der Waals surface area contributed by atoms with Gasteiger partial charge in [0.2, 0.25) is 4.96 Å². The van der Waals surface area contributed by atoms with Crippen molar-refractivity contribution in [3.8, 4) is 11.4 Å². The van der Waals surface area contributed by atoms with E-state index in [1.165, 1.54) is 17.0 Å². The molecule has 2 N–H and O–H groups in total. The van der Waals surface area contributed by atoms with Crippen molar-refractivity contribution in [1.82, 2.24) is 14.6 Å². The van der Waals surface area contributed by atoms with Crippen LogP contribution in [0.15, 0.2) is 18.2 Å². The third-order valence-electron chi connectivity index (χ3n) is 3.51. The van der Waals surface area contributed by atoms with Crippen LogP contribution in [0.5, 0.6) is 0 Å². The van der Waals surface area contributed by atoms with Crippen LogP contribution in [0.25, 0.3) is 16.3 Å². The number of nitrogens with two attached hydrogens (primary N) is 1. The third-order valence-corrected chi connectivity index (χ3v) is 4.99. The van der Waals surface area contributed by atoms with Crippen molar-refractivity contribution < 1.29 is 0 Å². The van der Waals surface area contributed by atoms with Crippen LogP contribution in [0, 0.1) is 0 Å². The minimum atomic E-state index is 0.569. The molecule has 6 heteroatoms. The molecule has 0 saturated heterocycles. The van der Waals surface area contributed by atoms with Gasteiger partial charge in [-0.2, -0.15) is 0 Å². The maximum Gasteiger partial charge on any atom is 0.216 e. The molecule has 1 aliphatic carbocycles. The van der Waals surface area contributed by atoms with Crippen molar-refractivity contribution in [3.05, 3.63) is 33.8 Å². The van der Waals surface area contributed by atoms with E-state index in [4.69, 9.17) is 17.3 Å². The van der Waals surface area contributed by atoms with Gasteiger partial charge in [0, 0.05) is 16.1 Å². The number of rotatable bonds is 1. The van der Waals surface area contributed by atoms with Gasteiger partial charge in [0.1, 0.15) is 0 Å². The molecule has 1 aliphatic rings. The van der Waals surface area contributed by atoms with Crippen LogP contribution in [0.2, 0.25) is 5.02 Å². The van der Waals surface area contributed by atoms with Gasteiger partial charge in [-0.3, -0.25) is 4.40 Å². The highest BCUT2D eigenvalue weighted by Gasteiger charge is 2.22. The van der Waals surface area contributed by atoms with Gasteiger partial charge >= 0.3 is 0 Å². The number of anilines is 1. The quantitative estimate of drug-likeness (QED) is 0.700. The minimum Gasteiger partial charge on any atom is -0.398 e. The molecule has 0 fully saturated rings. The summed E-state index contributed by atoms with van der Waals surface area (Å²) >= 11 is 7.71. The van der Waals surface area contributed by atoms with Gasteiger partial charge in [0.15, 0.2) is 5.82 Å². The number of nitrogens with zero attached hydrogens (tertiary/aromatic N) is 3. The second-order valence-corrected chi connectivity index (χ2v) is 6.17. The summed E-state index contributed by atoms with van der Waals surface area (Å²) in [6.07, 6.45) is 3.48. The van der Waals surface area contributed by atoms with Gasteiger partial charge in [0.25, 0.3) is 0 Å². The number of hydrogen-bond donors (Lipinski definition) is 1. The molecule has 0 saturated carbocycles. The van der Waals surface area contributed by atoms with E-state index in [1.54, 1.807) is 17.4 Å². The second-order valence-electron chi connectivity index (χ2n) is 4.70. The van der Waals surface area contributed by atoms with E-state index in [0.717, 1.165) is 29.2 Å². The van der Waals surface area contributed by atoms with Crippen molar-refractivity contribution in [2.45, 2.75) is 19.3 Å². The molecule has 0 aliphatic heterocycles. The molecular formula is C13H11ClN4S. The fourth-order valence-electron chi connectivity index (χ4n) is 2.61. The van der Waals surface area contributed by atoms with E-state index >= 15 is 0 Å². The molecule has 0 bridgehead atoms. The zero-order valence-corrected chi connectivity index (χ0v) is 11.6. The number of benzene rings is 1. The minimum absolute atomic E-state index is 0.569. The molecule has 19 heavy (non-hydrogen) atoms. The first-order chi connectivity index (χ1) is 9.24. The van der Waals surface area contributed by atoms with E-state index < -0.39 is 0 Å². The summed E-state index contributed by atoms with van der Waals surface area (Å²) in [5.74, 6) is 0.859. The number of nitrogen functional groups attached to an aromatic ring is 1. The topological polar surface area (TPSA) is 56.2 Å². The van der Waals surface area contributed by atoms with E-state index in [1.807, 2.05) is 12.1 Å². The van der Waals surface area contributed by atoms with Crippen LogP contribution >= 0.6 is 22.9 Å². The normalized spacial score (nSPS) is 14.2. The van der Waals surface area contributed by atoms with Gasteiger partial charge in [-0.1, -0.05) is 22.9 Å². The van der Waals surface area contributed by atoms with Gasteiger partial charge in [-0.05, 0) is 37.5 Å². The smallest absolute Gasteiger partial charge is 0.216 e. The predicted octanol–water partition coefficient (Wildman–Crippen LogP) is 3.18. The fraction of sp³-hybridized carbons (Fsp3) is 0.231. The lowest BCUT2D eigenvalue weighted by atomic mass is 10.2. The van der Waals surface area contributed by atoms with Crippen LogP contribution in [0.4, 0.5) is 5.69 Å². The Morgan fingerprint density at radius 2 is 2.16 bits per heavy atom. The number of hydrogen-bond acceptors (Lipinski definition) is 4. The Morgan fingerprint density at radius 3 is 3.00 bits per heavy atom. The summed E-state index contributed by atoms with van der Waals surface area (Å²) in [6.45, 7) is 0. The van der Waals surface area contributed by atoms with Crippen molar-refractivity contribution in [2.75, 3.05) is 5.73 Å². The van der Waals surface area contributed by atoms with Crippen LogP contribution in [0.1, 0.15) is 17.0 Å². The van der Waals surface area contributed by atoms with E-state index in [2.05, 4.69) is 14.6 Å². The molecule has 0 radical (unpaired) electrons. The molecule has 0 spiro atoms. The van der Waals surface area contributed by atoms with Gasteiger partial charge in [0.05, 0.1) is 10.7 Å². The highest BCUT2D eigenvalue weighted by atomic mass is 35.5. The Bertz CT molecular complexity index is 789.